The van der Waals surface area contributed by atoms with Crippen LogP contribution >= 0.6 is 11.6 Å². The number of hydrogen-bond acceptors (Lipinski definition) is 33. The molecule has 11 heterocycles. The zero-order valence-corrected chi connectivity index (χ0v) is 71.8. The van der Waals surface area contributed by atoms with Crippen LogP contribution in [0.5, 0.6) is 0 Å². The monoisotopic (exact) mass is 1770 g/mol. The van der Waals surface area contributed by atoms with Crippen LogP contribution in [-0.4, -0.2) is 227 Å². The van der Waals surface area contributed by atoms with E-state index in [0.717, 1.165) is 55.6 Å². The Morgan fingerprint density at radius 3 is 0.527 bits per heavy atom. The first-order valence-electron chi connectivity index (χ1n) is 39.3. The molecule has 0 amide bonds. The summed E-state index contributed by atoms with van der Waals surface area (Å²) in [4.78, 5) is 0. The predicted octanol–water partition coefficient (Wildman–Crippen LogP) is 12.8. The van der Waals surface area contributed by atoms with Crippen LogP contribution in [-0.2, 0) is 0 Å². The topological polar surface area (TPSA) is 599 Å². The molecule has 0 aliphatic carbocycles. The molecule has 44 nitrogen and oxygen atoms in total. The van der Waals surface area contributed by atoms with E-state index in [4.69, 9.17) is 11.6 Å². The second-order valence-electron chi connectivity index (χ2n) is 27.4. The van der Waals surface area contributed by atoms with E-state index in [0.29, 0.717) is 68.8 Å². The smallest absolute Gasteiger partial charge is 0.206 e. The number of nitrogens with one attached hydrogen (secondary N) is 11. The Labute approximate surface area is 748 Å². The van der Waals surface area contributed by atoms with Gasteiger partial charge >= 0.3 is 0 Å². The molecule has 0 spiro atoms. The van der Waals surface area contributed by atoms with E-state index in [1.54, 1.807) is 30.3 Å². The van der Waals surface area contributed by atoms with Crippen molar-refractivity contribution in [3.8, 4) is 125 Å². The van der Waals surface area contributed by atoms with Gasteiger partial charge in [-0.15, -0.1) is 112 Å². The van der Waals surface area contributed by atoms with Crippen LogP contribution in [0.4, 0.5) is 4.39 Å². The molecule has 0 fully saturated rings. The molecule has 22 rings (SSSR count). The molecule has 0 saturated carbocycles. The van der Waals surface area contributed by atoms with Crippen molar-refractivity contribution in [3.05, 3.63) is 328 Å². The van der Waals surface area contributed by atoms with Gasteiger partial charge in [-0.2, -0.15) is 57.3 Å². The average Bonchev–Trinajstić information content (AvgIpc) is 1.83. The van der Waals surface area contributed by atoms with Gasteiger partial charge in [0.05, 0.1) is 5.56 Å². The van der Waals surface area contributed by atoms with Crippen molar-refractivity contribution in [3.63, 3.8) is 0 Å². The molecule has 0 saturated heterocycles. The van der Waals surface area contributed by atoms with Crippen LogP contribution in [0.1, 0.15) is 44.5 Å². The highest BCUT2D eigenvalue weighted by molar-refractivity contribution is 6.30. The van der Waals surface area contributed by atoms with Gasteiger partial charge in [-0.25, -0.2) is 4.39 Å². The van der Waals surface area contributed by atoms with Gasteiger partial charge in [0.15, 0.2) is 0 Å². The third kappa shape index (κ3) is 29.8. The van der Waals surface area contributed by atoms with Crippen LogP contribution in [0.25, 0.3) is 125 Å². The Morgan fingerprint density at radius 1 is 0.176 bits per heavy atom. The Bertz CT molecular complexity index is 5810. The van der Waals surface area contributed by atoms with Crippen molar-refractivity contribution in [2.24, 2.45) is 0 Å². The maximum absolute atomic E-state index is 13.0. The minimum absolute atomic E-state index is 0.271. The van der Waals surface area contributed by atoms with Crippen LogP contribution < -0.4 is 0 Å². The highest BCUT2D eigenvalue weighted by Gasteiger charge is 2.11. The van der Waals surface area contributed by atoms with Gasteiger partial charge in [-0.1, -0.05) is 305 Å². The quantitative estimate of drug-likeness (QED) is 0.0573. The normalized spacial score (nSPS) is 10.1. The Hall–Kier alpha value is -18.6. The number of nitrogens with zero attached hydrogens (tertiary/aromatic N) is 33. The van der Waals surface area contributed by atoms with Gasteiger partial charge in [0.25, 0.3) is 0 Å². The molecule has 11 aromatic heterocycles. The number of rotatable bonds is 11. The van der Waals surface area contributed by atoms with Crippen molar-refractivity contribution < 1.29 is 4.39 Å². The first kappa shape index (κ1) is 91.6. The number of aromatic nitrogens is 44. The molecule has 0 aliphatic heterocycles. The summed E-state index contributed by atoms with van der Waals surface area (Å²) < 4.78 is 13.0. The van der Waals surface area contributed by atoms with E-state index >= 15 is 0 Å². The molecular formula is C85H80ClFN44. The van der Waals surface area contributed by atoms with Crippen molar-refractivity contribution in [2.45, 2.75) is 55.4 Å². The van der Waals surface area contributed by atoms with E-state index in [1.165, 1.54) is 50.6 Å². The summed E-state index contributed by atoms with van der Waals surface area (Å²) in [5, 5.41) is 150. The van der Waals surface area contributed by atoms with Crippen LogP contribution in [0, 0.1) is 61.2 Å². The minimum atomic E-state index is -0.348. The molecule has 11 N–H and O–H groups in total. The Kier molecular flexibility index (Phi) is 34.3. The van der Waals surface area contributed by atoms with Gasteiger partial charge in [0.2, 0.25) is 64.1 Å². The number of tetrazole rings is 11. The zero-order chi connectivity index (χ0) is 91.4. The SMILES string of the molecule is Cc1ccc(-c2nn[nH]n2)cc1.Cc1ccc(-c2nn[nH]n2)cc1.Cc1ccc(-c2nn[nH]n2)cc1.Cc1ccc(-c2nn[nH]n2)cc1.Cc1ccc(-c2nn[nH]n2)cc1.Cc1ccc(-c2nn[nH]n2)cc1.Cc1ccc(-c2nn[nH]n2)cc1.Cc1ccc(-c2nn[nH]n2)cc1.Clc1cccc(-c2nn[nH]n2)c1.Fc1ccccc1-c1nn[nH]n1.c1ccc(-c2nn[nH]n2)cc1. The highest BCUT2D eigenvalue weighted by Crippen LogP contribution is 2.23. The molecule has 22 aromatic rings. The molecular weight excluding hydrogens is 1690 g/mol. The lowest BCUT2D eigenvalue weighted by atomic mass is 10.1. The van der Waals surface area contributed by atoms with E-state index in [9.17, 15) is 4.39 Å². The molecule has 0 unspecified atom stereocenters. The second kappa shape index (κ2) is 49.0. The summed E-state index contributed by atoms with van der Waals surface area (Å²) in [6.07, 6.45) is 0. The fourth-order valence-electron chi connectivity index (χ4n) is 10.6. The number of aryl methyl sites for hydroxylation is 8. The average molecular weight is 1770 g/mol. The van der Waals surface area contributed by atoms with Crippen molar-refractivity contribution >= 4 is 11.6 Å². The second-order valence-corrected chi connectivity index (χ2v) is 27.8. The third-order valence-electron chi connectivity index (χ3n) is 17.5. The number of benzene rings is 11. The predicted molar refractivity (Wildman–Crippen MR) is 479 cm³/mol. The summed E-state index contributed by atoms with van der Waals surface area (Å²) in [6.45, 7) is 16.3. The summed E-state index contributed by atoms with van der Waals surface area (Å²) >= 11 is 5.78. The number of hydrogen-bond donors (Lipinski definition) is 11. The van der Waals surface area contributed by atoms with Gasteiger partial charge in [0, 0.05) is 60.7 Å². The lowest BCUT2D eigenvalue weighted by molar-refractivity contribution is 0.630. The van der Waals surface area contributed by atoms with Gasteiger partial charge < -0.3 is 0 Å². The van der Waals surface area contributed by atoms with Gasteiger partial charge in [0.1, 0.15) is 5.82 Å². The van der Waals surface area contributed by atoms with Crippen LogP contribution in [0.15, 0.2) is 273 Å². The third-order valence-corrected chi connectivity index (χ3v) is 17.7. The largest absolute Gasteiger partial charge is 0.207 e. The molecule has 131 heavy (non-hydrogen) atoms. The van der Waals surface area contributed by atoms with Crippen molar-refractivity contribution in [1.29, 1.82) is 0 Å². The summed E-state index contributed by atoms with van der Waals surface area (Å²) in [5.41, 5.74) is 19.8. The molecule has 0 radical (unpaired) electrons. The fourth-order valence-corrected chi connectivity index (χ4v) is 10.8. The summed E-state index contributed by atoms with van der Waals surface area (Å²) in [6, 6.07) is 87.1. The lowest BCUT2D eigenvalue weighted by Gasteiger charge is -1.93. The van der Waals surface area contributed by atoms with Crippen LogP contribution in [0.3, 0.4) is 0 Å². The first-order chi connectivity index (χ1) is 64.1. The fraction of sp³-hybridized carbons (Fsp3) is 0.0941. The first-order valence-corrected chi connectivity index (χ1v) is 39.7. The molecule has 654 valence electrons. The van der Waals surface area contributed by atoms with E-state index < -0.39 is 0 Å². The van der Waals surface area contributed by atoms with E-state index in [2.05, 4.69) is 227 Å². The number of aromatic amines is 11. The minimum Gasteiger partial charge on any atom is -0.206 e. The lowest BCUT2D eigenvalue weighted by Crippen LogP contribution is -1.85. The maximum atomic E-state index is 13.0. The molecule has 46 heteroatoms. The van der Waals surface area contributed by atoms with E-state index in [1.807, 2.05) is 292 Å². The number of H-pyrrole nitrogens is 11. The molecule has 0 bridgehead atoms. The zero-order valence-electron chi connectivity index (χ0n) is 71.0. The molecule has 0 aliphatic rings. The van der Waals surface area contributed by atoms with E-state index in [-0.39, 0.29) is 11.6 Å². The van der Waals surface area contributed by atoms with Crippen molar-refractivity contribution in [1.82, 2.24) is 227 Å². The standard InChI is InChI=1S/8C8H8N4.C7H5ClN4.C7H5FN4.C7H6N4/c8*1-6-2-4-7(5-3-6)8-9-11-12-10-8;8-6-3-1-2-5(4-6)7-9-11-12-10-7;8-6-4-2-1-3-5(6)7-9-11-12-10-7;1-2-4-6(5-3-1)7-8-10-11-9-7/h8*2-5H,1H3,(H,9,10,11,12);2*1-4H,(H,9,10,11,12);1-5H,(H,8,9,10,11). The van der Waals surface area contributed by atoms with Crippen LogP contribution in [0.2, 0.25) is 5.02 Å². The molecule has 0 atom stereocenters. The Morgan fingerprint density at radius 2 is 0.344 bits per heavy atom. The summed E-state index contributed by atoms with van der Waals surface area (Å²) in [5.74, 6) is 6.18. The Balaban J connectivity index is 0.000000130. The highest BCUT2D eigenvalue weighted by atomic mass is 35.5. The maximum Gasteiger partial charge on any atom is 0.207 e. The van der Waals surface area contributed by atoms with Gasteiger partial charge in [-0.3, -0.25) is 0 Å². The molecule has 11 aromatic carbocycles. The van der Waals surface area contributed by atoms with Crippen molar-refractivity contribution in [2.75, 3.05) is 0 Å². The summed E-state index contributed by atoms with van der Waals surface area (Å²) in [7, 11) is 0. The number of halogens is 2. The van der Waals surface area contributed by atoms with Gasteiger partial charge in [-0.05, 0) is 137 Å².